The summed E-state index contributed by atoms with van der Waals surface area (Å²) >= 11 is 0. The van der Waals surface area contributed by atoms with E-state index in [0.29, 0.717) is 25.6 Å². The Morgan fingerprint density at radius 3 is 2.94 bits per heavy atom. The van der Waals surface area contributed by atoms with Crippen LogP contribution in [-0.2, 0) is 4.79 Å². The monoisotopic (exact) mass is 254 g/mol. The Kier molecular flexibility index (Phi) is 4.41. The first kappa shape index (κ1) is 13.1. The summed E-state index contributed by atoms with van der Waals surface area (Å²) in [6.07, 6.45) is 2.34. The van der Waals surface area contributed by atoms with Gasteiger partial charge >= 0.3 is 6.03 Å². The average Bonchev–Trinajstić information content (AvgIpc) is 2.70. The molecule has 0 aliphatic carbocycles. The second kappa shape index (κ2) is 6.04. The van der Waals surface area contributed by atoms with Crippen molar-refractivity contribution in [2.24, 2.45) is 5.92 Å². The first-order valence-electron chi connectivity index (χ1n) is 6.64. The lowest BCUT2D eigenvalue weighted by Gasteiger charge is -2.23. The van der Waals surface area contributed by atoms with Crippen molar-refractivity contribution < 1.29 is 9.59 Å². The summed E-state index contributed by atoms with van der Waals surface area (Å²) in [5, 5.41) is 6.25. The summed E-state index contributed by atoms with van der Waals surface area (Å²) in [5.74, 6) is 0.476. The number of likely N-dealkylation sites (N-methyl/N-ethyl adjacent to an activating group) is 1. The van der Waals surface area contributed by atoms with Crippen molar-refractivity contribution in [3.05, 3.63) is 0 Å². The maximum absolute atomic E-state index is 11.7. The van der Waals surface area contributed by atoms with Crippen molar-refractivity contribution in [2.75, 3.05) is 46.3 Å². The van der Waals surface area contributed by atoms with Crippen LogP contribution in [-0.4, -0.2) is 68.1 Å². The number of rotatable bonds is 4. The predicted octanol–water partition coefficient (Wildman–Crippen LogP) is -0.530. The Balaban J connectivity index is 1.67. The predicted molar refractivity (Wildman–Crippen MR) is 68.2 cm³/mol. The molecule has 18 heavy (non-hydrogen) atoms. The van der Waals surface area contributed by atoms with Gasteiger partial charge < -0.3 is 20.4 Å². The molecule has 3 amide bonds. The number of nitrogens with one attached hydrogen (secondary N) is 2. The largest absolute Gasteiger partial charge is 0.354 e. The van der Waals surface area contributed by atoms with Gasteiger partial charge in [0.25, 0.3) is 0 Å². The molecule has 6 nitrogen and oxygen atoms in total. The van der Waals surface area contributed by atoms with Crippen LogP contribution in [0.25, 0.3) is 0 Å². The SMILES string of the molecule is CN1CCN(CC(=O)NC[C@@H]2CCCNC2)C1=O. The quantitative estimate of drug-likeness (QED) is 0.709. The molecule has 2 aliphatic heterocycles. The number of hydrogen-bond acceptors (Lipinski definition) is 3. The third-order valence-electron chi connectivity index (χ3n) is 3.62. The van der Waals surface area contributed by atoms with Crippen molar-refractivity contribution in [2.45, 2.75) is 12.8 Å². The summed E-state index contributed by atoms with van der Waals surface area (Å²) in [7, 11) is 1.76. The summed E-state index contributed by atoms with van der Waals surface area (Å²) in [6, 6.07) is -0.0514. The zero-order chi connectivity index (χ0) is 13.0. The van der Waals surface area contributed by atoms with E-state index in [1.807, 2.05) is 0 Å². The van der Waals surface area contributed by atoms with Crippen LogP contribution in [0.2, 0.25) is 0 Å². The highest BCUT2D eigenvalue weighted by molar-refractivity contribution is 5.84. The molecular formula is C12H22N4O2. The number of urea groups is 1. The Bertz CT molecular complexity index is 315. The molecular weight excluding hydrogens is 232 g/mol. The van der Waals surface area contributed by atoms with Gasteiger partial charge in [0, 0.05) is 26.7 Å². The van der Waals surface area contributed by atoms with Gasteiger partial charge in [0.05, 0.1) is 0 Å². The van der Waals surface area contributed by atoms with E-state index in [1.165, 1.54) is 12.8 Å². The van der Waals surface area contributed by atoms with Gasteiger partial charge in [-0.05, 0) is 31.8 Å². The zero-order valence-electron chi connectivity index (χ0n) is 10.9. The maximum Gasteiger partial charge on any atom is 0.320 e. The Morgan fingerprint density at radius 1 is 1.50 bits per heavy atom. The number of piperidine rings is 1. The van der Waals surface area contributed by atoms with E-state index < -0.39 is 0 Å². The first-order chi connectivity index (χ1) is 8.66. The fourth-order valence-electron chi connectivity index (χ4n) is 2.44. The van der Waals surface area contributed by atoms with Crippen LogP contribution in [0.5, 0.6) is 0 Å². The van der Waals surface area contributed by atoms with Gasteiger partial charge in [-0.15, -0.1) is 0 Å². The van der Waals surface area contributed by atoms with Gasteiger partial charge in [-0.1, -0.05) is 0 Å². The number of carbonyl (C=O) groups is 2. The lowest BCUT2D eigenvalue weighted by atomic mass is 10.00. The van der Waals surface area contributed by atoms with Crippen LogP contribution >= 0.6 is 0 Å². The summed E-state index contributed by atoms with van der Waals surface area (Å²) in [4.78, 5) is 26.6. The van der Waals surface area contributed by atoms with Crippen LogP contribution in [0.3, 0.4) is 0 Å². The highest BCUT2D eigenvalue weighted by atomic mass is 16.2. The van der Waals surface area contributed by atoms with Crippen molar-refractivity contribution in [3.63, 3.8) is 0 Å². The number of nitrogens with zero attached hydrogens (tertiary/aromatic N) is 2. The van der Waals surface area contributed by atoms with Gasteiger partial charge in [-0.3, -0.25) is 4.79 Å². The summed E-state index contributed by atoms with van der Waals surface area (Å²) in [6.45, 7) is 4.31. The summed E-state index contributed by atoms with van der Waals surface area (Å²) < 4.78 is 0. The van der Waals surface area contributed by atoms with E-state index in [1.54, 1.807) is 16.8 Å². The number of amides is 3. The highest BCUT2D eigenvalue weighted by Crippen LogP contribution is 2.08. The van der Waals surface area contributed by atoms with Crippen molar-refractivity contribution in [1.82, 2.24) is 20.4 Å². The van der Waals surface area contributed by atoms with Gasteiger partial charge in [-0.25, -0.2) is 4.79 Å². The molecule has 0 unspecified atom stereocenters. The van der Waals surface area contributed by atoms with E-state index in [9.17, 15) is 9.59 Å². The van der Waals surface area contributed by atoms with Crippen LogP contribution < -0.4 is 10.6 Å². The lowest BCUT2D eigenvalue weighted by Crippen LogP contribution is -2.43. The van der Waals surface area contributed by atoms with Crippen LogP contribution in [0.4, 0.5) is 4.79 Å². The van der Waals surface area contributed by atoms with Crippen LogP contribution in [0.1, 0.15) is 12.8 Å². The molecule has 0 aromatic heterocycles. The van der Waals surface area contributed by atoms with Crippen molar-refractivity contribution in [3.8, 4) is 0 Å². The molecule has 2 rings (SSSR count). The molecule has 0 aromatic rings. The molecule has 2 heterocycles. The van der Waals surface area contributed by atoms with E-state index in [4.69, 9.17) is 0 Å². The van der Waals surface area contributed by atoms with Gasteiger partial charge in [0.15, 0.2) is 0 Å². The van der Waals surface area contributed by atoms with Gasteiger partial charge in [-0.2, -0.15) is 0 Å². The molecule has 0 saturated carbocycles. The lowest BCUT2D eigenvalue weighted by molar-refractivity contribution is -0.121. The minimum absolute atomic E-state index is 0.0514. The van der Waals surface area contributed by atoms with E-state index >= 15 is 0 Å². The molecule has 0 bridgehead atoms. The minimum atomic E-state index is -0.0516. The number of carbonyl (C=O) groups excluding carboxylic acids is 2. The van der Waals surface area contributed by atoms with Crippen LogP contribution in [0, 0.1) is 5.92 Å². The van der Waals surface area contributed by atoms with Gasteiger partial charge in [0.1, 0.15) is 6.54 Å². The molecule has 102 valence electrons. The van der Waals surface area contributed by atoms with Crippen molar-refractivity contribution in [1.29, 1.82) is 0 Å². The first-order valence-corrected chi connectivity index (χ1v) is 6.64. The zero-order valence-corrected chi connectivity index (χ0v) is 10.9. The number of hydrogen-bond donors (Lipinski definition) is 2. The second-order valence-electron chi connectivity index (χ2n) is 5.14. The smallest absolute Gasteiger partial charge is 0.320 e. The Morgan fingerprint density at radius 2 is 2.33 bits per heavy atom. The van der Waals surface area contributed by atoms with Crippen LogP contribution in [0.15, 0.2) is 0 Å². The summed E-state index contributed by atoms with van der Waals surface area (Å²) in [5.41, 5.74) is 0. The molecule has 1 atom stereocenters. The van der Waals surface area contributed by atoms with Gasteiger partial charge in [0.2, 0.25) is 5.91 Å². The van der Waals surface area contributed by atoms with Crippen molar-refractivity contribution >= 4 is 11.9 Å². The molecule has 2 fully saturated rings. The standard InChI is InChI=1S/C12H22N4O2/c1-15-5-6-16(12(15)18)9-11(17)14-8-10-3-2-4-13-7-10/h10,13H,2-9H2,1H3,(H,14,17)/t10-/m1/s1. The molecule has 0 aromatic carbocycles. The fraction of sp³-hybridized carbons (Fsp3) is 0.833. The van der Waals surface area contributed by atoms with E-state index in [0.717, 1.165) is 13.1 Å². The molecule has 2 aliphatic rings. The average molecular weight is 254 g/mol. The molecule has 2 saturated heterocycles. The normalized spacial score (nSPS) is 24.5. The third kappa shape index (κ3) is 3.35. The molecule has 0 spiro atoms. The highest BCUT2D eigenvalue weighted by Gasteiger charge is 2.26. The molecule has 6 heteroatoms. The van der Waals surface area contributed by atoms with E-state index in [-0.39, 0.29) is 18.5 Å². The molecule has 0 radical (unpaired) electrons. The Hall–Kier alpha value is -1.30. The third-order valence-corrected chi connectivity index (χ3v) is 3.62. The fourth-order valence-corrected chi connectivity index (χ4v) is 2.44. The minimum Gasteiger partial charge on any atom is -0.354 e. The maximum atomic E-state index is 11.7. The second-order valence-corrected chi connectivity index (χ2v) is 5.14. The topological polar surface area (TPSA) is 64.7 Å². The Labute approximate surface area is 108 Å². The van der Waals surface area contributed by atoms with E-state index in [2.05, 4.69) is 10.6 Å². The molecule has 2 N–H and O–H groups in total.